The van der Waals surface area contributed by atoms with E-state index in [0.29, 0.717) is 6.42 Å². The van der Waals surface area contributed by atoms with Crippen molar-refractivity contribution in [3.63, 3.8) is 0 Å². The summed E-state index contributed by atoms with van der Waals surface area (Å²) in [4.78, 5) is 10.4. The molecular weight excluding hydrogens is 276 g/mol. The molecule has 0 spiro atoms. The molecule has 0 amide bonds. The van der Waals surface area contributed by atoms with Gasteiger partial charge in [0.2, 0.25) is 5.95 Å². The normalized spacial score (nSPS) is 25.2. The number of piperidine rings is 1. The molecule has 1 fully saturated rings. The molecule has 2 heterocycles. The Kier molecular flexibility index (Phi) is 3.98. The molecule has 0 saturated carbocycles. The van der Waals surface area contributed by atoms with E-state index in [2.05, 4.69) is 27.0 Å². The Morgan fingerprint density at radius 1 is 1.32 bits per heavy atom. The summed E-state index contributed by atoms with van der Waals surface area (Å²) in [5.41, 5.74) is 6.26. The number of anilines is 2. The first-order valence-electron chi connectivity index (χ1n) is 7.64. The molecule has 1 saturated heterocycles. The van der Waals surface area contributed by atoms with Crippen LogP contribution >= 0.6 is 0 Å². The van der Waals surface area contributed by atoms with E-state index < -0.39 is 5.60 Å². The van der Waals surface area contributed by atoms with Crippen LogP contribution in [0.2, 0.25) is 0 Å². The van der Waals surface area contributed by atoms with Gasteiger partial charge in [-0.3, -0.25) is 0 Å². The van der Waals surface area contributed by atoms with Gasteiger partial charge in [-0.1, -0.05) is 30.3 Å². The van der Waals surface area contributed by atoms with E-state index in [9.17, 15) is 5.11 Å². The SMILES string of the molecule is C[C@@]1(O)CCN(c2ccnc(N)n2)C[C@@H]1Cc1ccccc1. The number of benzene rings is 1. The quantitative estimate of drug-likeness (QED) is 0.905. The molecule has 1 aliphatic rings. The maximum absolute atomic E-state index is 10.7. The summed E-state index contributed by atoms with van der Waals surface area (Å²) in [5.74, 6) is 1.27. The lowest BCUT2D eigenvalue weighted by atomic mass is 9.79. The Hall–Kier alpha value is -2.14. The van der Waals surface area contributed by atoms with Crippen LogP contribution in [0.5, 0.6) is 0 Å². The third-order valence-electron chi connectivity index (χ3n) is 4.52. The van der Waals surface area contributed by atoms with Crippen molar-refractivity contribution in [1.82, 2.24) is 9.97 Å². The molecule has 3 N–H and O–H groups in total. The van der Waals surface area contributed by atoms with Crippen LogP contribution in [0.1, 0.15) is 18.9 Å². The van der Waals surface area contributed by atoms with Crippen LogP contribution in [0.4, 0.5) is 11.8 Å². The second-order valence-electron chi connectivity index (χ2n) is 6.21. The number of hydrogen-bond acceptors (Lipinski definition) is 5. The monoisotopic (exact) mass is 298 g/mol. The number of aromatic nitrogens is 2. The molecule has 0 aliphatic carbocycles. The number of nitrogen functional groups attached to an aromatic ring is 1. The van der Waals surface area contributed by atoms with Gasteiger partial charge in [0.15, 0.2) is 0 Å². The smallest absolute Gasteiger partial charge is 0.221 e. The number of rotatable bonds is 3. The highest BCUT2D eigenvalue weighted by Gasteiger charge is 2.37. The molecule has 2 aromatic rings. The minimum atomic E-state index is -0.662. The Bertz CT molecular complexity index is 630. The summed E-state index contributed by atoms with van der Waals surface area (Å²) < 4.78 is 0. The molecule has 0 bridgehead atoms. The molecule has 5 nitrogen and oxygen atoms in total. The van der Waals surface area contributed by atoms with Crippen molar-refractivity contribution in [3.8, 4) is 0 Å². The lowest BCUT2D eigenvalue weighted by molar-refractivity contribution is -0.0168. The predicted molar refractivity (Wildman–Crippen MR) is 87.5 cm³/mol. The highest BCUT2D eigenvalue weighted by molar-refractivity contribution is 5.42. The average Bonchev–Trinajstić information content (AvgIpc) is 2.50. The summed E-state index contributed by atoms with van der Waals surface area (Å²) >= 11 is 0. The molecule has 0 unspecified atom stereocenters. The fourth-order valence-corrected chi connectivity index (χ4v) is 3.05. The maximum Gasteiger partial charge on any atom is 0.221 e. The van der Waals surface area contributed by atoms with E-state index in [0.717, 1.165) is 25.3 Å². The maximum atomic E-state index is 10.7. The van der Waals surface area contributed by atoms with Crippen LogP contribution in [0.3, 0.4) is 0 Å². The third-order valence-corrected chi connectivity index (χ3v) is 4.52. The van der Waals surface area contributed by atoms with E-state index in [1.165, 1.54) is 5.56 Å². The van der Waals surface area contributed by atoms with Crippen molar-refractivity contribution in [2.45, 2.75) is 25.4 Å². The molecule has 5 heteroatoms. The number of hydrogen-bond donors (Lipinski definition) is 2. The Morgan fingerprint density at radius 3 is 2.82 bits per heavy atom. The molecule has 116 valence electrons. The Balaban J connectivity index is 1.78. The lowest BCUT2D eigenvalue weighted by Crippen LogP contribution is -2.51. The van der Waals surface area contributed by atoms with Crippen LogP contribution in [0, 0.1) is 5.92 Å². The van der Waals surface area contributed by atoms with Gasteiger partial charge in [-0.2, -0.15) is 4.98 Å². The second kappa shape index (κ2) is 5.93. The number of nitrogens with two attached hydrogens (primary N) is 1. The number of nitrogens with zero attached hydrogens (tertiary/aromatic N) is 3. The molecule has 1 aromatic heterocycles. The summed E-state index contributed by atoms with van der Waals surface area (Å²) in [5, 5.41) is 10.7. The van der Waals surface area contributed by atoms with Gasteiger partial charge >= 0.3 is 0 Å². The first-order valence-corrected chi connectivity index (χ1v) is 7.64. The van der Waals surface area contributed by atoms with Crippen molar-refractivity contribution in [3.05, 3.63) is 48.2 Å². The van der Waals surface area contributed by atoms with E-state index in [4.69, 9.17) is 5.73 Å². The Morgan fingerprint density at radius 2 is 2.09 bits per heavy atom. The van der Waals surface area contributed by atoms with Crippen LogP contribution in [0.25, 0.3) is 0 Å². The van der Waals surface area contributed by atoms with Crippen LogP contribution in [-0.4, -0.2) is 33.8 Å². The summed E-state index contributed by atoms with van der Waals surface area (Å²) in [6, 6.07) is 12.2. The molecule has 1 aliphatic heterocycles. The van der Waals surface area contributed by atoms with Gasteiger partial charge in [0.25, 0.3) is 0 Å². The average molecular weight is 298 g/mol. The molecule has 2 atom stereocenters. The van der Waals surface area contributed by atoms with E-state index >= 15 is 0 Å². The minimum Gasteiger partial charge on any atom is -0.390 e. The van der Waals surface area contributed by atoms with Gasteiger partial charge in [-0.05, 0) is 31.4 Å². The molecular formula is C17H22N4O. The van der Waals surface area contributed by atoms with E-state index in [1.807, 2.05) is 31.2 Å². The lowest BCUT2D eigenvalue weighted by Gasteiger charge is -2.43. The minimum absolute atomic E-state index is 0.153. The van der Waals surface area contributed by atoms with Gasteiger partial charge in [0.1, 0.15) is 5.82 Å². The summed E-state index contributed by atoms with van der Waals surface area (Å²) in [6.45, 7) is 3.47. The Labute approximate surface area is 130 Å². The van der Waals surface area contributed by atoms with Gasteiger partial charge in [-0.15, -0.1) is 0 Å². The van der Waals surface area contributed by atoms with Crippen molar-refractivity contribution >= 4 is 11.8 Å². The topological polar surface area (TPSA) is 75.3 Å². The predicted octanol–water partition coefficient (Wildman–Crippen LogP) is 1.88. The van der Waals surface area contributed by atoms with Gasteiger partial charge < -0.3 is 15.7 Å². The second-order valence-corrected chi connectivity index (χ2v) is 6.21. The zero-order chi connectivity index (χ0) is 15.6. The first kappa shape index (κ1) is 14.8. The zero-order valence-electron chi connectivity index (χ0n) is 12.8. The van der Waals surface area contributed by atoms with Crippen molar-refractivity contribution in [2.75, 3.05) is 23.7 Å². The molecule has 22 heavy (non-hydrogen) atoms. The first-order chi connectivity index (χ1) is 10.5. The molecule has 1 aromatic carbocycles. The standard InChI is InChI=1S/C17H22N4O/c1-17(22)8-10-21(15-7-9-19-16(18)20-15)12-14(17)11-13-5-3-2-4-6-13/h2-7,9,14,22H,8,10-12H2,1H3,(H2,18,19,20)/t14-,17+/m0/s1. The van der Waals surface area contributed by atoms with Crippen molar-refractivity contribution in [1.29, 1.82) is 0 Å². The van der Waals surface area contributed by atoms with Crippen molar-refractivity contribution < 1.29 is 5.11 Å². The van der Waals surface area contributed by atoms with Gasteiger partial charge in [-0.25, -0.2) is 4.98 Å². The third kappa shape index (κ3) is 3.20. The highest BCUT2D eigenvalue weighted by atomic mass is 16.3. The van der Waals surface area contributed by atoms with Crippen LogP contribution < -0.4 is 10.6 Å². The van der Waals surface area contributed by atoms with Crippen LogP contribution in [0.15, 0.2) is 42.6 Å². The summed E-state index contributed by atoms with van der Waals surface area (Å²) in [6.07, 6.45) is 3.25. The summed E-state index contributed by atoms with van der Waals surface area (Å²) in [7, 11) is 0. The highest BCUT2D eigenvalue weighted by Crippen LogP contribution is 2.32. The van der Waals surface area contributed by atoms with Crippen LogP contribution in [-0.2, 0) is 6.42 Å². The van der Waals surface area contributed by atoms with Gasteiger partial charge in [0, 0.05) is 25.2 Å². The van der Waals surface area contributed by atoms with E-state index in [-0.39, 0.29) is 11.9 Å². The largest absolute Gasteiger partial charge is 0.390 e. The van der Waals surface area contributed by atoms with Gasteiger partial charge in [0.05, 0.1) is 5.60 Å². The molecule has 0 radical (unpaired) electrons. The van der Waals surface area contributed by atoms with E-state index in [1.54, 1.807) is 6.20 Å². The fourth-order valence-electron chi connectivity index (χ4n) is 3.05. The van der Waals surface area contributed by atoms with Crippen molar-refractivity contribution in [2.24, 2.45) is 5.92 Å². The fraction of sp³-hybridized carbons (Fsp3) is 0.412. The molecule has 3 rings (SSSR count). The zero-order valence-corrected chi connectivity index (χ0v) is 12.8. The number of aliphatic hydroxyl groups is 1.